The van der Waals surface area contributed by atoms with Crippen LogP contribution in [-0.4, -0.2) is 58.9 Å². The zero-order valence-corrected chi connectivity index (χ0v) is 13.3. The van der Waals surface area contributed by atoms with Gasteiger partial charge in [0.05, 0.1) is 17.7 Å². The Bertz CT molecular complexity index is 822. The van der Waals surface area contributed by atoms with Gasteiger partial charge in [-0.2, -0.15) is 0 Å². The Kier molecular flexibility index (Phi) is 4.31. The molecule has 1 aliphatic heterocycles. The largest absolute Gasteiger partial charge is 0.394 e. The number of halogens is 1. The van der Waals surface area contributed by atoms with Gasteiger partial charge in [0.25, 0.3) is 5.56 Å². The fourth-order valence-electron chi connectivity index (χ4n) is 2.92. The molecule has 3 rings (SSSR count). The topological polar surface area (TPSA) is 95.2 Å². The van der Waals surface area contributed by atoms with Crippen LogP contribution < -0.4 is 10.5 Å². The molecule has 3 N–H and O–H groups in total. The van der Waals surface area contributed by atoms with Crippen LogP contribution in [0.4, 0.5) is 10.1 Å². The van der Waals surface area contributed by atoms with E-state index < -0.39 is 42.5 Å². The van der Waals surface area contributed by atoms with Crippen LogP contribution in [0.3, 0.4) is 0 Å². The Morgan fingerprint density at radius 2 is 2.00 bits per heavy atom. The second-order valence-corrected chi connectivity index (χ2v) is 6.04. The molecule has 0 amide bonds. The molecular weight excluding hydrogens is 319 g/mol. The first-order chi connectivity index (χ1) is 11.3. The number of hydrogen-bond donors (Lipinski definition) is 3. The first-order valence-corrected chi connectivity index (χ1v) is 7.49. The van der Waals surface area contributed by atoms with Gasteiger partial charge >= 0.3 is 0 Å². The highest BCUT2D eigenvalue weighted by molar-refractivity contribution is 5.85. The number of aliphatic hydroxyl groups excluding tert-OH is 3. The number of aliphatic hydroxyl groups is 3. The molecule has 1 aromatic carbocycles. The maximum absolute atomic E-state index is 14.2. The molecule has 0 aliphatic carbocycles. The monoisotopic (exact) mass is 338 g/mol. The summed E-state index contributed by atoms with van der Waals surface area (Å²) in [6, 6.07) is 4.32. The fourth-order valence-corrected chi connectivity index (χ4v) is 2.92. The third kappa shape index (κ3) is 2.57. The van der Waals surface area contributed by atoms with Gasteiger partial charge in [-0.3, -0.25) is 9.36 Å². The van der Waals surface area contributed by atoms with Crippen LogP contribution in [0.1, 0.15) is 6.23 Å². The van der Waals surface area contributed by atoms with Gasteiger partial charge < -0.3 is 25.0 Å². The average Bonchev–Trinajstić information content (AvgIpc) is 2.83. The summed E-state index contributed by atoms with van der Waals surface area (Å²) in [5.74, 6) is -0.538. The predicted molar refractivity (Wildman–Crippen MR) is 85.5 cm³/mol. The number of hydrogen-bond acceptors (Lipinski definition) is 6. The summed E-state index contributed by atoms with van der Waals surface area (Å²) in [5, 5.41) is 29.7. The minimum absolute atomic E-state index is 0.137. The third-order valence-corrected chi connectivity index (χ3v) is 4.27. The van der Waals surface area contributed by atoms with Crippen LogP contribution in [0, 0.1) is 5.82 Å². The fraction of sp³-hybridized carbons (Fsp3) is 0.438. The number of ether oxygens (including phenoxy) is 1. The number of anilines is 1. The lowest BCUT2D eigenvalue weighted by molar-refractivity contribution is -0.0541. The van der Waals surface area contributed by atoms with Gasteiger partial charge in [-0.25, -0.2) is 4.39 Å². The molecule has 8 heteroatoms. The van der Waals surface area contributed by atoms with Gasteiger partial charge in [0, 0.05) is 20.3 Å². The minimum atomic E-state index is -1.37. The first-order valence-electron chi connectivity index (χ1n) is 7.49. The van der Waals surface area contributed by atoms with E-state index in [1.165, 1.54) is 6.20 Å². The van der Waals surface area contributed by atoms with E-state index in [0.29, 0.717) is 11.1 Å². The van der Waals surface area contributed by atoms with E-state index in [4.69, 9.17) is 9.84 Å². The minimum Gasteiger partial charge on any atom is -0.394 e. The van der Waals surface area contributed by atoms with Crippen LogP contribution in [0.25, 0.3) is 10.8 Å². The summed E-state index contributed by atoms with van der Waals surface area (Å²) >= 11 is 0. The van der Waals surface area contributed by atoms with Gasteiger partial charge in [0.15, 0.2) is 6.23 Å². The molecule has 0 radical (unpaired) electrons. The van der Waals surface area contributed by atoms with Crippen LogP contribution in [0.5, 0.6) is 0 Å². The number of aromatic nitrogens is 1. The second-order valence-electron chi connectivity index (χ2n) is 6.04. The maximum Gasteiger partial charge on any atom is 0.260 e. The zero-order valence-electron chi connectivity index (χ0n) is 13.3. The number of fused-ring (bicyclic) bond motifs is 1. The summed E-state index contributed by atoms with van der Waals surface area (Å²) < 4.78 is 20.6. The van der Waals surface area contributed by atoms with E-state index in [0.717, 1.165) is 10.6 Å². The van der Waals surface area contributed by atoms with E-state index in [9.17, 15) is 19.4 Å². The van der Waals surface area contributed by atoms with Gasteiger partial charge in [0.2, 0.25) is 0 Å². The molecular formula is C16H19FN2O5. The van der Waals surface area contributed by atoms with Crippen molar-refractivity contribution in [1.29, 1.82) is 0 Å². The number of rotatable bonds is 3. The van der Waals surface area contributed by atoms with Crippen molar-refractivity contribution >= 4 is 16.5 Å². The lowest BCUT2D eigenvalue weighted by Gasteiger charge is -2.19. The summed E-state index contributed by atoms with van der Waals surface area (Å²) in [5.41, 5.74) is -0.195. The Morgan fingerprint density at radius 3 is 2.58 bits per heavy atom. The first kappa shape index (κ1) is 16.8. The summed E-state index contributed by atoms with van der Waals surface area (Å²) in [6.07, 6.45) is -3.40. The van der Waals surface area contributed by atoms with Crippen molar-refractivity contribution in [3.05, 3.63) is 40.6 Å². The molecule has 0 spiro atoms. The molecule has 1 aromatic heterocycles. The number of benzene rings is 1. The molecule has 1 saturated heterocycles. The standard InChI is InChI=1S/C16H19FN2O5/c1-18(2)11-5-8-3-4-19(15(23)9(8)6-10(11)17)16-14(22)13(21)12(7-20)24-16/h3-6,12-14,16,20-22H,7H2,1-2H3/t12-,13-,14-,16-/m1/s1. The van der Waals surface area contributed by atoms with Crippen LogP contribution >= 0.6 is 0 Å². The van der Waals surface area contributed by atoms with E-state index in [-0.39, 0.29) is 5.39 Å². The Hall–Kier alpha value is -2.00. The molecule has 7 nitrogen and oxygen atoms in total. The molecule has 24 heavy (non-hydrogen) atoms. The molecule has 2 heterocycles. The number of pyridine rings is 1. The smallest absolute Gasteiger partial charge is 0.260 e. The van der Waals surface area contributed by atoms with E-state index in [2.05, 4.69) is 0 Å². The van der Waals surface area contributed by atoms with Gasteiger partial charge in [0.1, 0.15) is 24.1 Å². The van der Waals surface area contributed by atoms with E-state index >= 15 is 0 Å². The van der Waals surface area contributed by atoms with E-state index in [1.807, 2.05) is 0 Å². The summed E-state index contributed by atoms with van der Waals surface area (Å²) in [6.45, 7) is -0.488. The van der Waals surface area contributed by atoms with Gasteiger partial charge in [-0.15, -0.1) is 0 Å². The summed E-state index contributed by atoms with van der Waals surface area (Å²) in [7, 11) is 3.40. The lowest BCUT2D eigenvalue weighted by atomic mass is 10.1. The Labute approximate surface area is 137 Å². The van der Waals surface area contributed by atoms with E-state index in [1.54, 1.807) is 31.1 Å². The van der Waals surface area contributed by atoms with Gasteiger partial charge in [-0.05, 0) is 23.6 Å². The average molecular weight is 338 g/mol. The highest BCUT2D eigenvalue weighted by Crippen LogP contribution is 2.29. The SMILES string of the molecule is CN(C)c1cc2ccn([C@@H]3O[C@H](CO)[C@@H](O)[C@H]3O)c(=O)c2cc1F. The second kappa shape index (κ2) is 6.14. The molecule has 0 saturated carbocycles. The van der Waals surface area contributed by atoms with Crippen LogP contribution in [0.2, 0.25) is 0 Å². The molecule has 1 fully saturated rings. The zero-order chi connectivity index (χ0) is 17.6. The molecule has 2 aromatic rings. The number of nitrogens with zero attached hydrogens (tertiary/aromatic N) is 2. The van der Waals surface area contributed by atoms with Crippen molar-refractivity contribution < 1.29 is 24.4 Å². The normalized spacial score (nSPS) is 26.9. The Morgan fingerprint density at radius 1 is 1.29 bits per heavy atom. The lowest BCUT2D eigenvalue weighted by Crippen LogP contribution is -2.35. The molecule has 130 valence electrons. The predicted octanol–water partition coefficient (Wildman–Crippen LogP) is -0.182. The molecule has 0 unspecified atom stereocenters. The third-order valence-electron chi connectivity index (χ3n) is 4.27. The van der Waals surface area contributed by atoms with Crippen molar-refractivity contribution in [2.75, 3.05) is 25.6 Å². The van der Waals surface area contributed by atoms with Crippen LogP contribution in [-0.2, 0) is 4.74 Å². The van der Waals surface area contributed by atoms with Crippen molar-refractivity contribution in [3.8, 4) is 0 Å². The Balaban J connectivity index is 2.10. The van der Waals surface area contributed by atoms with Gasteiger partial charge in [-0.1, -0.05) is 0 Å². The highest BCUT2D eigenvalue weighted by Gasteiger charge is 2.43. The maximum atomic E-state index is 14.2. The summed E-state index contributed by atoms with van der Waals surface area (Å²) in [4.78, 5) is 14.2. The quantitative estimate of drug-likeness (QED) is 0.719. The molecule has 1 aliphatic rings. The van der Waals surface area contributed by atoms with Crippen molar-refractivity contribution in [1.82, 2.24) is 4.57 Å². The van der Waals surface area contributed by atoms with Crippen molar-refractivity contribution in [2.24, 2.45) is 0 Å². The highest BCUT2D eigenvalue weighted by atomic mass is 19.1. The van der Waals surface area contributed by atoms with Crippen molar-refractivity contribution in [2.45, 2.75) is 24.5 Å². The van der Waals surface area contributed by atoms with Crippen molar-refractivity contribution in [3.63, 3.8) is 0 Å². The van der Waals surface area contributed by atoms with Crippen LogP contribution in [0.15, 0.2) is 29.2 Å². The molecule has 0 bridgehead atoms. The molecule has 4 atom stereocenters.